The van der Waals surface area contributed by atoms with Crippen molar-refractivity contribution >= 4 is 34.2 Å². The van der Waals surface area contributed by atoms with Crippen LogP contribution in [0.5, 0.6) is 0 Å². The van der Waals surface area contributed by atoms with Gasteiger partial charge in [0.15, 0.2) is 5.13 Å². The summed E-state index contributed by atoms with van der Waals surface area (Å²) in [5, 5.41) is 5.10. The quantitative estimate of drug-likeness (QED) is 0.653. The largest absolute Gasteiger partial charge is 0.300 e. The van der Waals surface area contributed by atoms with E-state index in [4.69, 9.17) is 0 Å². The predicted molar refractivity (Wildman–Crippen MR) is 115 cm³/mol. The SMILES string of the molecule is CC(C(=O)Nc1nc(-c2ccc3c(c2)CCC3)cs1)N1C(=O)c2ccccc2C1=O. The Labute approximate surface area is 177 Å². The number of carbonyl (C=O) groups excluding carboxylic acids is 3. The summed E-state index contributed by atoms with van der Waals surface area (Å²) in [5.41, 5.74) is 5.26. The number of nitrogens with one attached hydrogen (secondary N) is 1. The first-order chi connectivity index (χ1) is 14.5. The Morgan fingerprint density at radius 2 is 1.77 bits per heavy atom. The van der Waals surface area contributed by atoms with Gasteiger partial charge in [0.05, 0.1) is 16.8 Å². The van der Waals surface area contributed by atoms with Crippen molar-refractivity contribution in [1.82, 2.24) is 9.88 Å². The van der Waals surface area contributed by atoms with Crippen molar-refractivity contribution < 1.29 is 14.4 Å². The monoisotopic (exact) mass is 417 g/mol. The van der Waals surface area contributed by atoms with Gasteiger partial charge in [-0.3, -0.25) is 19.3 Å². The minimum Gasteiger partial charge on any atom is -0.300 e. The number of carbonyl (C=O) groups is 3. The van der Waals surface area contributed by atoms with Gasteiger partial charge in [-0.25, -0.2) is 4.98 Å². The summed E-state index contributed by atoms with van der Waals surface area (Å²) < 4.78 is 0. The number of hydrogen-bond donors (Lipinski definition) is 1. The van der Waals surface area contributed by atoms with Gasteiger partial charge in [0.25, 0.3) is 11.8 Å². The number of aryl methyl sites for hydroxylation is 2. The molecule has 1 N–H and O–H groups in total. The highest BCUT2D eigenvalue weighted by Crippen LogP contribution is 2.30. The number of imide groups is 1. The van der Waals surface area contributed by atoms with E-state index < -0.39 is 23.8 Å². The van der Waals surface area contributed by atoms with Crippen LogP contribution in [-0.2, 0) is 17.6 Å². The molecule has 3 aromatic rings. The fourth-order valence-corrected chi connectivity index (χ4v) is 4.80. The molecule has 30 heavy (non-hydrogen) atoms. The number of hydrogen-bond acceptors (Lipinski definition) is 5. The molecule has 0 saturated heterocycles. The number of anilines is 1. The summed E-state index contributed by atoms with van der Waals surface area (Å²) in [6, 6.07) is 12.1. The van der Waals surface area contributed by atoms with Crippen LogP contribution in [0.3, 0.4) is 0 Å². The molecule has 1 aliphatic heterocycles. The Kier molecular flexibility index (Phi) is 4.47. The lowest BCUT2D eigenvalue weighted by molar-refractivity contribution is -0.119. The first-order valence-electron chi connectivity index (χ1n) is 9.88. The number of fused-ring (bicyclic) bond motifs is 2. The number of rotatable bonds is 4. The highest BCUT2D eigenvalue weighted by Gasteiger charge is 2.40. The first kappa shape index (κ1) is 18.7. The maximum Gasteiger partial charge on any atom is 0.262 e. The lowest BCUT2D eigenvalue weighted by Gasteiger charge is -2.21. The molecule has 0 saturated carbocycles. The molecule has 0 spiro atoms. The van der Waals surface area contributed by atoms with Crippen LogP contribution >= 0.6 is 11.3 Å². The molecular weight excluding hydrogens is 398 g/mol. The predicted octanol–water partition coefficient (Wildman–Crippen LogP) is 3.92. The highest BCUT2D eigenvalue weighted by molar-refractivity contribution is 7.14. The molecule has 2 aromatic carbocycles. The second-order valence-electron chi connectivity index (χ2n) is 7.57. The Bertz CT molecular complexity index is 1160. The average Bonchev–Trinajstić information content (AvgIpc) is 3.46. The van der Waals surface area contributed by atoms with Gasteiger partial charge in [0, 0.05) is 10.9 Å². The van der Waals surface area contributed by atoms with E-state index in [0.29, 0.717) is 16.3 Å². The normalized spacial score (nSPS) is 15.8. The summed E-state index contributed by atoms with van der Waals surface area (Å²) in [7, 11) is 0. The number of nitrogens with zero attached hydrogens (tertiary/aromatic N) is 2. The van der Waals surface area contributed by atoms with Gasteiger partial charge in [0.2, 0.25) is 5.91 Å². The van der Waals surface area contributed by atoms with Crippen LogP contribution < -0.4 is 5.32 Å². The third-order valence-corrected chi connectivity index (χ3v) is 6.48. The van der Waals surface area contributed by atoms with Crippen LogP contribution in [0.1, 0.15) is 45.2 Å². The lowest BCUT2D eigenvalue weighted by Crippen LogP contribution is -2.45. The summed E-state index contributed by atoms with van der Waals surface area (Å²) >= 11 is 1.32. The molecule has 0 radical (unpaired) electrons. The van der Waals surface area contributed by atoms with E-state index in [1.165, 1.54) is 28.9 Å². The first-order valence-corrected chi connectivity index (χ1v) is 10.8. The summed E-state index contributed by atoms with van der Waals surface area (Å²) in [5.74, 6) is -1.34. The van der Waals surface area contributed by atoms with Crippen LogP contribution in [0.2, 0.25) is 0 Å². The number of benzene rings is 2. The van der Waals surface area contributed by atoms with Crippen molar-refractivity contribution in [3.05, 3.63) is 70.1 Å². The van der Waals surface area contributed by atoms with Crippen molar-refractivity contribution in [3.8, 4) is 11.3 Å². The highest BCUT2D eigenvalue weighted by atomic mass is 32.1. The van der Waals surface area contributed by atoms with E-state index in [1.54, 1.807) is 31.2 Å². The minimum absolute atomic E-state index is 0.329. The zero-order valence-electron chi connectivity index (χ0n) is 16.3. The van der Waals surface area contributed by atoms with Gasteiger partial charge in [0.1, 0.15) is 6.04 Å². The average molecular weight is 417 g/mol. The van der Waals surface area contributed by atoms with Gasteiger partial charge in [-0.15, -0.1) is 11.3 Å². The Balaban J connectivity index is 1.32. The maximum atomic E-state index is 12.8. The minimum atomic E-state index is -0.940. The molecule has 2 aliphatic rings. The second kappa shape index (κ2) is 7.18. The molecule has 1 aromatic heterocycles. The van der Waals surface area contributed by atoms with E-state index in [0.717, 1.165) is 29.0 Å². The number of aromatic nitrogens is 1. The molecule has 0 bridgehead atoms. The molecule has 7 heteroatoms. The fourth-order valence-electron chi connectivity index (χ4n) is 4.08. The van der Waals surface area contributed by atoms with Gasteiger partial charge in [-0.2, -0.15) is 0 Å². The van der Waals surface area contributed by atoms with Crippen molar-refractivity contribution in [3.63, 3.8) is 0 Å². The molecule has 1 atom stereocenters. The van der Waals surface area contributed by atoms with E-state index in [1.807, 2.05) is 5.38 Å². The Morgan fingerprint density at radius 3 is 2.50 bits per heavy atom. The molecule has 1 aliphatic carbocycles. The molecular formula is C23H19N3O3S. The standard InChI is InChI=1S/C23H19N3O3S/c1-13(26-21(28)17-7-2-3-8-18(17)22(26)29)20(27)25-23-24-19(12-30-23)16-10-9-14-5-4-6-15(14)11-16/h2-3,7-13H,4-6H2,1H3,(H,24,25,27). The molecule has 2 heterocycles. The third kappa shape index (κ3) is 3.02. The lowest BCUT2D eigenvalue weighted by atomic mass is 10.1. The molecule has 150 valence electrons. The zero-order valence-corrected chi connectivity index (χ0v) is 17.2. The van der Waals surface area contributed by atoms with E-state index in [2.05, 4.69) is 28.5 Å². The van der Waals surface area contributed by atoms with Crippen molar-refractivity contribution in [2.75, 3.05) is 5.32 Å². The van der Waals surface area contributed by atoms with E-state index in [9.17, 15) is 14.4 Å². The van der Waals surface area contributed by atoms with E-state index in [-0.39, 0.29) is 0 Å². The van der Waals surface area contributed by atoms with Crippen LogP contribution in [0.4, 0.5) is 5.13 Å². The van der Waals surface area contributed by atoms with Crippen molar-refractivity contribution in [1.29, 1.82) is 0 Å². The molecule has 6 nitrogen and oxygen atoms in total. The van der Waals surface area contributed by atoms with E-state index >= 15 is 0 Å². The van der Waals surface area contributed by atoms with Crippen molar-refractivity contribution in [2.45, 2.75) is 32.2 Å². The van der Waals surface area contributed by atoms with Gasteiger partial charge in [-0.1, -0.05) is 24.3 Å². The zero-order chi connectivity index (χ0) is 20.8. The molecule has 1 unspecified atom stereocenters. The Hall–Kier alpha value is -3.32. The van der Waals surface area contributed by atoms with Crippen molar-refractivity contribution in [2.24, 2.45) is 0 Å². The van der Waals surface area contributed by atoms with Gasteiger partial charge < -0.3 is 5.32 Å². The van der Waals surface area contributed by atoms with Crippen LogP contribution in [0, 0.1) is 0 Å². The van der Waals surface area contributed by atoms with Gasteiger partial charge in [-0.05, 0) is 55.5 Å². The molecule has 0 fully saturated rings. The van der Waals surface area contributed by atoms with Gasteiger partial charge >= 0.3 is 0 Å². The summed E-state index contributed by atoms with van der Waals surface area (Å²) in [6.45, 7) is 1.55. The van der Waals surface area contributed by atoms with Crippen LogP contribution in [0.25, 0.3) is 11.3 Å². The molecule has 3 amide bonds. The smallest absolute Gasteiger partial charge is 0.262 e. The number of amides is 3. The Morgan fingerprint density at radius 1 is 1.07 bits per heavy atom. The third-order valence-electron chi connectivity index (χ3n) is 5.72. The maximum absolute atomic E-state index is 12.8. The second-order valence-corrected chi connectivity index (χ2v) is 8.42. The topological polar surface area (TPSA) is 79.4 Å². The summed E-state index contributed by atoms with van der Waals surface area (Å²) in [4.78, 5) is 43.5. The molecule has 5 rings (SSSR count). The van der Waals surface area contributed by atoms with Crippen LogP contribution in [0.15, 0.2) is 47.8 Å². The summed E-state index contributed by atoms with van der Waals surface area (Å²) in [6.07, 6.45) is 3.41. The fraction of sp³-hybridized carbons (Fsp3) is 0.217. The van der Waals surface area contributed by atoms with Crippen LogP contribution in [-0.4, -0.2) is 33.6 Å². The number of thiazole rings is 1.